The van der Waals surface area contributed by atoms with Crippen LogP contribution in [0.5, 0.6) is 0 Å². The number of benzene rings is 2. The van der Waals surface area contributed by atoms with Gasteiger partial charge in [-0.05, 0) is 71.0 Å². The molecule has 1 N–H and O–H groups in total. The standard InChI is InChI=1S/C21H23F2IN2/c1-2-3-4-6-14(9-10-15-11-12-16(22)13-18(15)23)17-7-5-8-19-20(17)26-21(24)25-19/h5,7-8,11-14H,2-4,6,9-10H2,1H3,(H,25,26). The van der Waals surface area contributed by atoms with E-state index in [0.29, 0.717) is 17.9 Å². The van der Waals surface area contributed by atoms with Gasteiger partial charge in [-0.3, -0.25) is 0 Å². The first-order valence-electron chi connectivity index (χ1n) is 9.16. The summed E-state index contributed by atoms with van der Waals surface area (Å²) in [5.41, 5.74) is 3.86. The number of halogens is 3. The third-order valence-electron chi connectivity index (χ3n) is 4.89. The Labute approximate surface area is 166 Å². The van der Waals surface area contributed by atoms with Gasteiger partial charge in [-0.1, -0.05) is 44.4 Å². The number of fused-ring (bicyclic) bond motifs is 1. The zero-order valence-corrected chi connectivity index (χ0v) is 17.0. The van der Waals surface area contributed by atoms with Crippen LogP contribution in [0.15, 0.2) is 36.4 Å². The van der Waals surface area contributed by atoms with Crippen LogP contribution in [0.4, 0.5) is 8.78 Å². The van der Waals surface area contributed by atoms with Crippen molar-refractivity contribution in [2.24, 2.45) is 0 Å². The molecule has 5 heteroatoms. The van der Waals surface area contributed by atoms with Gasteiger partial charge >= 0.3 is 0 Å². The van der Waals surface area contributed by atoms with Gasteiger partial charge in [0.25, 0.3) is 0 Å². The Balaban J connectivity index is 1.84. The topological polar surface area (TPSA) is 28.7 Å². The molecule has 1 aromatic heterocycles. The maximum atomic E-state index is 14.0. The number of aryl methyl sites for hydroxylation is 1. The number of unbranched alkanes of at least 4 members (excludes halogenated alkanes) is 2. The summed E-state index contributed by atoms with van der Waals surface area (Å²) in [4.78, 5) is 7.94. The van der Waals surface area contributed by atoms with Gasteiger partial charge in [-0.2, -0.15) is 0 Å². The van der Waals surface area contributed by atoms with Gasteiger partial charge in [0, 0.05) is 6.07 Å². The molecule has 0 bridgehead atoms. The number of H-pyrrole nitrogens is 1. The fourth-order valence-electron chi connectivity index (χ4n) is 3.50. The number of imidazole rings is 1. The zero-order chi connectivity index (χ0) is 18.5. The Morgan fingerprint density at radius 1 is 1.12 bits per heavy atom. The number of rotatable bonds is 8. The second-order valence-electron chi connectivity index (χ2n) is 6.74. The van der Waals surface area contributed by atoms with Crippen LogP contribution in [0, 0.1) is 15.5 Å². The average Bonchev–Trinajstić information content (AvgIpc) is 2.99. The fraction of sp³-hybridized carbons (Fsp3) is 0.381. The quantitative estimate of drug-likeness (QED) is 0.288. The minimum absolute atomic E-state index is 0.314. The lowest BCUT2D eigenvalue weighted by Crippen LogP contribution is -2.04. The summed E-state index contributed by atoms with van der Waals surface area (Å²) in [7, 11) is 0. The van der Waals surface area contributed by atoms with Crippen LogP contribution in [-0.4, -0.2) is 9.97 Å². The molecule has 1 unspecified atom stereocenters. The second-order valence-corrected chi connectivity index (χ2v) is 7.76. The normalized spacial score (nSPS) is 12.6. The van der Waals surface area contributed by atoms with E-state index in [2.05, 4.69) is 51.6 Å². The Bertz CT molecular complexity index is 876. The summed E-state index contributed by atoms with van der Waals surface area (Å²) in [6, 6.07) is 10.1. The monoisotopic (exact) mass is 468 g/mol. The third-order valence-corrected chi connectivity index (χ3v) is 5.40. The van der Waals surface area contributed by atoms with E-state index in [0.717, 1.165) is 40.2 Å². The highest BCUT2D eigenvalue weighted by molar-refractivity contribution is 14.1. The minimum Gasteiger partial charge on any atom is -0.333 e. The van der Waals surface area contributed by atoms with E-state index in [1.807, 2.05) is 6.07 Å². The van der Waals surface area contributed by atoms with Gasteiger partial charge in [0.15, 0.2) is 3.83 Å². The molecule has 0 fully saturated rings. The van der Waals surface area contributed by atoms with Crippen LogP contribution in [0.3, 0.4) is 0 Å². The van der Waals surface area contributed by atoms with E-state index in [4.69, 9.17) is 0 Å². The molecule has 138 valence electrons. The molecule has 0 radical (unpaired) electrons. The fourth-order valence-corrected chi connectivity index (χ4v) is 4.04. The summed E-state index contributed by atoms with van der Waals surface area (Å²) in [6.45, 7) is 2.19. The molecule has 2 nitrogen and oxygen atoms in total. The predicted octanol–water partition coefficient (Wildman–Crippen LogP) is 6.74. The molecule has 0 amide bonds. The summed E-state index contributed by atoms with van der Waals surface area (Å²) in [6.07, 6.45) is 5.99. The van der Waals surface area contributed by atoms with Crippen molar-refractivity contribution in [2.75, 3.05) is 0 Å². The summed E-state index contributed by atoms with van der Waals surface area (Å²) < 4.78 is 28.0. The number of hydrogen-bond acceptors (Lipinski definition) is 1. The molecule has 3 aromatic rings. The van der Waals surface area contributed by atoms with E-state index < -0.39 is 11.6 Å². The van der Waals surface area contributed by atoms with Gasteiger partial charge in [-0.15, -0.1) is 0 Å². The van der Waals surface area contributed by atoms with Crippen molar-refractivity contribution in [2.45, 2.75) is 51.4 Å². The van der Waals surface area contributed by atoms with Gasteiger partial charge < -0.3 is 4.98 Å². The summed E-state index contributed by atoms with van der Waals surface area (Å²) in [5.74, 6) is -0.666. The molecule has 0 aliphatic heterocycles. The molecule has 0 saturated heterocycles. The molecule has 26 heavy (non-hydrogen) atoms. The van der Waals surface area contributed by atoms with Crippen LogP contribution in [0.2, 0.25) is 0 Å². The predicted molar refractivity (Wildman–Crippen MR) is 110 cm³/mol. The first-order valence-corrected chi connectivity index (χ1v) is 10.2. The lowest BCUT2D eigenvalue weighted by molar-refractivity contribution is 0.523. The van der Waals surface area contributed by atoms with E-state index in [1.165, 1.54) is 24.5 Å². The number of para-hydroxylation sites is 1. The molecule has 0 aliphatic rings. The average molecular weight is 468 g/mol. The smallest absolute Gasteiger partial charge is 0.169 e. The first kappa shape index (κ1) is 19.3. The van der Waals surface area contributed by atoms with Crippen molar-refractivity contribution in [1.82, 2.24) is 9.97 Å². The highest BCUT2D eigenvalue weighted by Gasteiger charge is 2.17. The zero-order valence-electron chi connectivity index (χ0n) is 14.9. The van der Waals surface area contributed by atoms with Gasteiger partial charge in [0.05, 0.1) is 11.0 Å². The first-order chi connectivity index (χ1) is 12.6. The summed E-state index contributed by atoms with van der Waals surface area (Å²) in [5, 5.41) is 0. The Hall–Kier alpha value is -1.50. The molecular formula is C21H23F2IN2. The highest BCUT2D eigenvalue weighted by Crippen LogP contribution is 2.32. The van der Waals surface area contributed by atoms with E-state index in [9.17, 15) is 8.78 Å². The van der Waals surface area contributed by atoms with Gasteiger partial charge in [-0.25, -0.2) is 13.8 Å². The van der Waals surface area contributed by atoms with Gasteiger partial charge in [0.2, 0.25) is 0 Å². The van der Waals surface area contributed by atoms with Crippen molar-refractivity contribution in [3.05, 3.63) is 63.0 Å². The Kier molecular flexibility index (Phi) is 6.62. The molecular weight excluding hydrogens is 445 g/mol. The number of aromatic nitrogens is 2. The van der Waals surface area contributed by atoms with Crippen LogP contribution < -0.4 is 0 Å². The molecule has 3 rings (SSSR count). The minimum atomic E-state index is -0.526. The molecule has 2 aromatic carbocycles. The highest BCUT2D eigenvalue weighted by atomic mass is 127. The van der Waals surface area contributed by atoms with E-state index >= 15 is 0 Å². The number of nitrogens with zero attached hydrogens (tertiary/aromatic N) is 1. The third kappa shape index (κ3) is 4.61. The lowest BCUT2D eigenvalue weighted by atomic mass is 9.87. The molecule has 0 aliphatic carbocycles. The SMILES string of the molecule is CCCCCC(CCc1ccc(F)cc1F)c1cccc2[nH]c(I)nc12. The van der Waals surface area contributed by atoms with Crippen molar-refractivity contribution < 1.29 is 8.78 Å². The van der Waals surface area contributed by atoms with Crippen LogP contribution >= 0.6 is 22.6 Å². The van der Waals surface area contributed by atoms with Crippen LogP contribution in [0.1, 0.15) is 56.1 Å². The maximum Gasteiger partial charge on any atom is 0.169 e. The van der Waals surface area contributed by atoms with Crippen molar-refractivity contribution >= 4 is 33.6 Å². The number of hydrogen-bond donors (Lipinski definition) is 1. The van der Waals surface area contributed by atoms with Gasteiger partial charge in [0.1, 0.15) is 11.6 Å². The van der Waals surface area contributed by atoms with Crippen molar-refractivity contribution in [3.8, 4) is 0 Å². The van der Waals surface area contributed by atoms with Crippen molar-refractivity contribution in [3.63, 3.8) is 0 Å². The molecule has 1 atom stereocenters. The van der Waals surface area contributed by atoms with Crippen LogP contribution in [0.25, 0.3) is 11.0 Å². The van der Waals surface area contributed by atoms with Crippen LogP contribution in [-0.2, 0) is 6.42 Å². The van der Waals surface area contributed by atoms with E-state index in [-0.39, 0.29) is 0 Å². The number of nitrogens with one attached hydrogen (secondary N) is 1. The maximum absolute atomic E-state index is 14.0. The lowest BCUT2D eigenvalue weighted by Gasteiger charge is -2.18. The molecule has 0 spiro atoms. The second kappa shape index (κ2) is 8.93. The Morgan fingerprint density at radius 2 is 1.96 bits per heavy atom. The molecule has 1 heterocycles. The van der Waals surface area contributed by atoms with E-state index in [1.54, 1.807) is 6.07 Å². The Morgan fingerprint density at radius 3 is 2.73 bits per heavy atom. The molecule has 0 saturated carbocycles. The van der Waals surface area contributed by atoms with Crippen molar-refractivity contribution in [1.29, 1.82) is 0 Å². The summed E-state index contributed by atoms with van der Waals surface area (Å²) >= 11 is 2.19. The largest absolute Gasteiger partial charge is 0.333 e. The number of aromatic amines is 1.